The number of nitrogens with one attached hydrogen (secondary N) is 1. The third kappa shape index (κ3) is 4.68. The normalized spacial score (nSPS) is 28.5. The van der Waals surface area contributed by atoms with Crippen LogP contribution in [0.4, 0.5) is 18.0 Å². The van der Waals surface area contributed by atoms with Crippen LogP contribution >= 0.6 is 0 Å². The van der Waals surface area contributed by atoms with Gasteiger partial charge in [-0.3, -0.25) is 9.69 Å². The third-order valence-corrected chi connectivity index (χ3v) is 8.83. The number of hydrogen-bond acceptors (Lipinski definition) is 4. The average molecular weight is 490 g/mol. The molecule has 2 amide bonds. The van der Waals surface area contributed by atoms with Crippen molar-refractivity contribution >= 4 is 22.0 Å². The predicted molar refractivity (Wildman–Crippen MR) is 111 cm³/mol. The van der Waals surface area contributed by atoms with E-state index in [2.05, 4.69) is 5.32 Å². The van der Waals surface area contributed by atoms with Crippen LogP contribution in [0.2, 0.25) is 0 Å². The summed E-state index contributed by atoms with van der Waals surface area (Å²) in [5, 5.41) is 12.3. The zero-order valence-corrected chi connectivity index (χ0v) is 18.6. The summed E-state index contributed by atoms with van der Waals surface area (Å²) in [5.74, 6) is -0.559. The molecule has 0 aromatic heterocycles. The summed E-state index contributed by atoms with van der Waals surface area (Å²) in [6, 6.07) is 2.64. The molecule has 8 nitrogen and oxygen atoms in total. The number of benzene rings is 1. The minimum atomic E-state index is -4.65. The van der Waals surface area contributed by atoms with Gasteiger partial charge in [0.25, 0.3) is 0 Å². The molecular formula is C21H26F3N3O5S. The highest BCUT2D eigenvalue weighted by Crippen LogP contribution is 2.41. The predicted octanol–water partition coefficient (Wildman–Crippen LogP) is 2.75. The summed E-state index contributed by atoms with van der Waals surface area (Å²) in [5.41, 5.74) is -1.02. The number of halogens is 3. The molecule has 1 saturated carbocycles. The van der Waals surface area contributed by atoms with E-state index in [1.54, 1.807) is 0 Å². The molecule has 33 heavy (non-hydrogen) atoms. The first kappa shape index (κ1) is 23.8. The Hall–Kier alpha value is -2.34. The van der Waals surface area contributed by atoms with Gasteiger partial charge >= 0.3 is 12.3 Å². The molecule has 2 aliphatic heterocycles. The Labute approximate surface area is 189 Å². The van der Waals surface area contributed by atoms with Gasteiger partial charge < -0.3 is 10.4 Å². The Bertz CT molecular complexity index is 1030. The number of nitrogens with zero attached hydrogens (tertiary/aromatic N) is 2. The lowest BCUT2D eigenvalue weighted by Crippen LogP contribution is -2.54. The molecule has 1 aromatic carbocycles. The largest absolute Gasteiger partial charge is 0.465 e. The Morgan fingerprint density at radius 3 is 2.55 bits per heavy atom. The van der Waals surface area contributed by atoms with Crippen LogP contribution in [0.3, 0.4) is 0 Å². The van der Waals surface area contributed by atoms with E-state index in [1.165, 1.54) is 4.31 Å². The van der Waals surface area contributed by atoms with Crippen molar-refractivity contribution in [3.8, 4) is 0 Å². The number of carbonyl (C=O) groups excluding carboxylic acids is 1. The van der Waals surface area contributed by atoms with Crippen LogP contribution in [0.5, 0.6) is 0 Å². The average Bonchev–Trinajstić information content (AvgIpc) is 3.35. The maximum Gasteiger partial charge on any atom is 0.416 e. The van der Waals surface area contributed by atoms with Crippen molar-refractivity contribution < 1.29 is 36.3 Å². The van der Waals surface area contributed by atoms with Crippen LogP contribution in [0.15, 0.2) is 29.2 Å². The summed E-state index contributed by atoms with van der Waals surface area (Å²) in [6.45, 7) is 0.578. The van der Waals surface area contributed by atoms with Gasteiger partial charge in [-0.2, -0.15) is 17.5 Å². The van der Waals surface area contributed by atoms with E-state index in [0.717, 1.165) is 29.5 Å². The first-order valence-corrected chi connectivity index (χ1v) is 12.4. The fourth-order valence-corrected chi connectivity index (χ4v) is 6.87. The SMILES string of the molecule is O=C(N[C@H]1CC[C@@H]2CN(S(=O)(=O)c3cccc(C(F)(F)F)c3)C[C@@H]21)[C@@H]1CCCCN1C(=O)O. The van der Waals surface area contributed by atoms with Crippen molar-refractivity contribution in [2.75, 3.05) is 19.6 Å². The summed E-state index contributed by atoms with van der Waals surface area (Å²) >= 11 is 0. The van der Waals surface area contributed by atoms with Crippen molar-refractivity contribution in [2.24, 2.45) is 11.8 Å². The van der Waals surface area contributed by atoms with Gasteiger partial charge in [0, 0.05) is 25.7 Å². The van der Waals surface area contributed by atoms with Crippen molar-refractivity contribution in [1.82, 2.24) is 14.5 Å². The molecule has 2 heterocycles. The lowest BCUT2D eigenvalue weighted by molar-refractivity contribution is -0.137. The van der Waals surface area contributed by atoms with Crippen LogP contribution in [-0.2, 0) is 21.0 Å². The topological polar surface area (TPSA) is 107 Å². The number of carbonyl (C=O) groups is 2. The minimum absolute atomic E-state index is 0.0159. The molecule has 4 atom stereocenters. The van der Waals surface area contributed by atoms with E-state index < -0.39 is 38.8 Å². The van der Waals surface area contributed by atoms with Gasteiger partial charge in [0.05, 0.1) is 10.5 Å². The molecule has 2 N–H and O–H groups in total. The number of hydrogen-bond donors (Lipinski definition) is 2. The minimum Gasteiger partial charge on any atom is -0.465 e. The van der Waals surface area contributed by atoms with Gasteiger partial charge in [-0.1, -0.05) is 6.07 Å². The maximum atomic E-state index is 13.0. The van der Waals surface area contributed by atoms with E-state index in [1.807, 2.05) is 0 Å². The smallest absolute Gasteiger partial charge is 0.416 e. The zero-order valence-electron chi connectivity index (χ0n) is 17.8. The Morgan fingerprint density at radius 1 is 1.09 bits per heavy atom. The maximum absolute atomic E-state index is 13.0. The van der Waals surface area contributed by atoms with Crippen molar-refractivity contribution in [2.45, 2.75) is 55.3 Å². The van der Waals surface area contributed by atoms with Gasteiger partial charge in [-0.15, -0.1) is 0 Å². The Balaban J connectivity index is 1.45. The fraction of sp³-hybridized carbons (Fsp3) is 0.619. The van der Waals surface area contributed by atoms with E-state index in [9.17, 15) is 36.3 Å². The quantitative estimate of drug-likeness (QED) is 0.677. The first-order chi connectivity index (χ1) is 15.5. The lowest BCUT2D eigenvalue weighted by Gasteiger charge is -2.33. The van der Waals surface area contributed by atoms with Crippen molar-refractivity contribution in [3.05, 3.63) is 29.8 Å². The van der Waals surface area contributed by atoms with E-state index in [-0.39, 0.29) is 36.9 Å². The second-order valence-electron chi connectivity index (χ2n) is 8.95. The number of sulfonamides is 1. The Morgan fingerprint density at radius 2 is 1.85 bits per heavy atom. The van der Waals surface area contributed by atoms with Gasteiger partial charge in [-0.05, 0) is 62.1 Å². The molecule has 0 unspecified atom stereocenters. The second-order valence-corrected chi connectivity index (χ2v) is 10.9. The lowest BCUT2D eigenvalue weighted by atomic mass is 9.96. The van der Waals surface area contributed by atoms with E-state index >= 15 is 0 Å². The molecule has 0 radical (unpaired) electrons. The van der Waals surface area contributed by atoms with E-state index in [4.69, 9.17) is 0 Å². The zero-order chi connectivity index (χ0) is 24.0. The molecule has 1 aliphatic carbocycles. The number of piperidine rings is 1. The summed E-state index contributed by atoms with van der Waals surface area (Å²) in [4.78, 5) is 25.0. The van der Waals surface area contributed by atoms with Gasteiger partial charge in [0.15, 0.2) is 0 Å². The number of alkyl halides is 3. The number of likely N-dealkylation sites (tertiary alicyclic amines) is 1. The van der Waals surface area contributed by atoms with Crippen LogP contribution < -0.4 is 5.32 Å². The van der Waals surface area contributed by atoms with Gasteiger partial charge in [0.1, 0.15) is 6.04 Å². The Kier molecular flexibility index (Phi) is 6.34. The molecule has 2 saturated heterocycles. The van der Waals surface area contributed by atoms with E-state index in [0.29, 0.717) is 38.3 Å². The highest BCUT2D eigenvalue weighted by molar-refractivity contribution is 7.89. The fourth-order valence-electron chi connectivity index (χ4n) is 5.29. The summed E-state index contributed by atoms with van der Waals surface area (Å²) < 4.78 is 66.4. The number of amides is 2. The molecule has 4 rings (SSSR count). The number of rotatable bonds is 4. The highest BCUT2D eigenvalue weighted by atomic mass is 32.2. The molecular weight excluding hydrogens is 463 g/mol. The van der Waals surface area contributed by atoms with Crippen molar-refractivity contribution in [1.29, 1.82) is 0 Å². The van der Waals surface area contributed by atoms with Crippen molar-refractivity contribution in [3.63, 3.8) is 0 Å². The molecule has 3 aliphatic rings. The number of fused-ring (bicyclic) bond motifs is 1. The molecule has 12 heteroatoms. The highest BCUT2D eigenvalue weighted by Gasteiger charge is 2.47. The van der Waals surface area contributed by atoms with Crippen LogP contribution in [-0.4, -0.2) is 66.4 Å². The monoisotopic (exact) mass is 489 g/mol. The van der Waals surface area contributed by atoms with Crippen LogP contribution in [0.25, 0.3) is 0 Å². The molecule has 0 spiro atoms. The first-order valence-electron chi connectivity index (χ1n) is 11.0. The summed E-state index contributed by atoms with van der Waals surface area (Å²) in [7, 11) is -4.12. The van der Waals surface area contributed by atoms with Gasteiger partial charge in [-0.25, -0.2) is 13.2 Å². The van der Waals surface area contributed by atoms with Crippen LogP contribution in [0, 0.1) is 11.8 Å². The molecule has 1 aromatic rings. The molecule has 182 valence electrons. The van der Waals surface area contributed by atoms with Gasteiger partial charge in [0.2, 0.25) is 15.9 Å². The van der Waals surface area contributed by atoms with Crippen LogP contribution in [0.1, 0.15) is 37.7 Å². The number of carboxylic acid groups (broad SMARTS) is 1. The summed E-state index contributed by atoms with van der Waals surface area (Å²) in [6.07, 6.45) is -2.57. The molecule has 0 bridgehead atoms. The second kappa shape index (κ2) is 8.79. The molecule has 3 fully saturated rings. The standard InChI is InChI=1S/C21H26F3N3O5S/c22-21(23,24)14-4-3-5-15(10-14)33(31,32)26-11-13-7-8-17(16(13)12-26)25-19(28)18-6-1-2-9-27(18)20(29)30/h3-5,10,13,16-18H,1-2,6-9,11-12H2,(H,25,28)(H,29,30)/t13-,16+,17+,18+/m1/s1. The third-order valence-electron chi connectivity index (χ3n) is 7.00.